The monoisotopic (exact) mass is 444 g/mol. The van der Waals surface area contributed by atoms with Crippen molar-refractivity contribution in [2.75, 3.05) is 11.4 Å². The van der Waals surface area contributed by atoms with Crippen molar-refractivity contribution in [2.24, 2.45) is 4.40 Å². The summed E-state index contributed by atoms with van der Waals surface area (Å²) in [6.07, 6.45) is -4.44. The maximum Gasteiger partial charge on any atom is 0.416 e. The summed E-state index contributed by atoms with van der Waals surface area (Å²) in [4.78, 5) is 1.90. The Balaban J connectivity index is 1.75. The number of fused-ring (bicyclic) bond motifs is 1. The molecule has 0 bridgehead atoms. The normalized spacial score (nSPS) is 15.7. The lowest BCUT2D eigenvalue weighted by Gasteiger charge is -2.32. The molecule has 4 rings (SSSR count). The van der Waals surface area contributed by atoms with E-state index in [1.165, 1.54) is 18.2 Å². The lowest BCUT2D eigenvalue weighted by atomic mass is 9.97. The van der Waals surface area contributed by atoms with E-state index in [0.29, 0.717) is 23.5 Å². The predicted molar refractivity (Wildman–Crippen MR) is 114 cm³/mol. The highest BCUT2D eigenvalue weighted by Crippen LogP contribution is 2.35. The van der Waals surface area contributed by atoms with Crippen molar-refractivity contribution in [1.82, 2.24) is 0 Å². The van der Waals surface area contributed by atoms with Crippen LogP contribution in [0.5, 0.6) is 0 Å². The highest BCUT2D eigenvalue weighted by atomic mass is 32.2. The molecule has 0 aliphatic carbocycles. The van der Waals surface area contributed by atoms with Gasteiger partial charge in [-0.05, 0) is 41.5 Å². The summed E-state index contributed by atoms with van der Waals surface area (Å²) in [6, 6.07) is 20.8. The van der Waals surface area contributed by atoms with Crippen LogP contribution >= 0.6 is 0 Å². The third-order valence-electron chi connectivity index (χ3n) is 5.02. The van der Waals surface area contributed by atoms with Gasteiger partial charge in [0.15, 0.2) is 0 Å². The van der Waals surface area contributed by atoms with Gasteiger partial charge in [-0.25, -0.2) is 0 Å². The molecule has 0 atom stereocenters. The second kappa shape index (κ2) is 8.19. The minimum Gasteiger partial charge on any atom is -0.361 e. The van der Waals surface area contributed by atoms with E-state index in [1.807, 2.05) is 35.2 Å². The van der Waals surface area contributed by atoms with E-state index in [2.05, 4.69) is 4.40 Å². The first-order chi connectivity index (χ1) is 14.7. The predicted octanol–water partition coefficient (Wildman–Crippen LogP) is 5.10. The van der Waals surface area contributed by atoms with E-state index in [1.54, 1.807) is 18.2 Å². The van der Waals surface area contributed by atoms with Gasteiger partial charge in [-0.3, -0.25) is 0 Å². The first kappa shape index (κ1) is 21.1. The number of hydrogen-bond donors (Lipinski definition) is 0. The molecule has 0 radical (unpaired) electrons. The molecule has 31 heavy (non-hydrogen) atoms. The Morgan fingerprint density at radius 1 is 0.903 bits per heavy atom. The van der Waals surface area contributed by atoms with E-state index in [-0.39, 0.29) is 17.9 Å². The first-order valence-corrected chi connectivity index (χ1v) is 11.0. The fourth-order valence-corrected chi connectivity index (χ4v) is 4.68. The zero-order chi connectivity index (χ0) is 22.1. The largest absolute Gasteiger partial charge is 0.416 e. The maximum absolute atomic E-state index is 13.3. The third-order valence-corrected chi connectivity index (χ3v) is 6.39. The second-order valence-corrected chi connectivity index (χ2v) is 8.91. The molecule has 1 aliphatic rings. The van der Waals surface area contributed by atoms with E-state index in [4.69, 9.17) is 0 Å². The fraction of sp³-hybridized carbons (Fsp3) is 0.174. The summed E-state index contributed by atoms with van der Waals surface area (Å²) in [5, 5.41) is 0. The molecule has 4 nitrogen and oxygen atoms in total. The minimum atomic E-state index is -4.48. The smallest absolute Gasteiger partial charge is 0.361 e. The Morgan fingerprint density at radius 3 is 2.19 bits per heavy atom. The quantitative estimate of drug-likeness (QED) is 0.563. The van der Waals surface area contributed by atoms with Gasteiger partial charge in [0.05, 0.1) is 22.7 Å². The SMILES string of the molecule is O=S(=O)(/N=C1/Cc2cc(C(F)(F)F)ccc2N(Cc2ccccc2)C1)c1ccccc1. The second-order valence-electron chi connectivity index (χ2n) is 7.31. The van der Waals surface area contributed by atoms with Crippen molar-refractivity contribution in [3.8, 4) is 0 Å². The van der Waals surface area contributed by atoms with Gasteiger partial charge in [-0.1, -0.05) is 48.5 Å². The zero-order valence-electron chi connectivity index (χ0n) is 16.4. The molecule has 0 aromatic heterocycles. The summed E-state index contributed by atoms with van der Waals surface area (Å²) in [7, 11) is -3.96. The van der Waals surface area contributed by atoms with Crippen LogP contribution in [0.15, 0.2) is 88.2 Å². The molecule has 8 heteroatoms. The molecule has 0 unspecified atom stereocenters. The molecular formula is C23H19F3N2O2S. The Bertz CT molecular complexity index is 1210. The van der Waals surface area contributed by atoms with Gasteiger partial charge in [0.25, 0.3) is 10.0 Å². The average Bonchev–Trinajstić information content (AvgIpc) is 2.74. The summed E-state index contributed by atoms with van der Waals surface area (Å²) in [5.41, 5.74) is 1.54. The molecule has 0 saturated carbocycles. The Labute approximate surface area is 178 Å². The lowest BCUT2D eigenvalue weighted by Crippen LogP contribution is -2.36. The van der Waals surface area contributed by atoms with Gasteiger partial charge >= 0.3 is 6.18 Å². The molecule has 1 heterocycles. The number of nitrogens with zero attached hydrogens (tertiary/aromatic N) is 2. The van der Waals surface area contributed by atoms with Crippen LogP contribution in [0.3, 0.4) is 0 Å². The zero-order valence-corrected chi connectivity index (χ0v) is 17.2. The van der Waals surface area contributed by atoms with Crippen LogP contribution in [0, 0.1) is 0 Å². The van der Waals surface area contributed by atoms with Gasteiger partial charge in [0.1, 0.15) is 0 Å². The molecule has 0 amide bonds. The van der Waals surface area contributed by atoms with Crippen molar-refractivity contribution in [1.29, 1.82) is 0 Å². The molecule has 3 aromatic carbocycles. The number of benzene rings is 3. The maximum atomic E-state index is 13.3. The van der Waals surface area contributed by atoms with Gasteiger partial charge in [-0.15, -0.1) is 0 Å². The van der Waals surface area contributed by atoms with Crippen molar-refractivity contribution < 1.29 is 21.6 Å². The number of sulfonamides is 1. The number of alkyl halides is 3. The number of rotatable bonds is 4. The molecule has 0 fully saturated rings. The van der Waals surface area contributed by atoms with Gasteiger partial charge in [0.2, 0.25) is 0 Å². The third kappa shape index (κ3) is 4.80. The molecule has 0 N–H and O–H groups in total. The van der Waals surface area contributed by atoms with Crippen molar-refractivity contribution in [2.45, 2.75) is 24.0 Å². The van der Waals surface area contributed by atoms with Gasteiger partial charge < -0.3 is 4.90 Å². The van der Waals surface area contributed by atoms with Crippen LogP contribution < -0.4 is 4.90 Å². The summed E-state index contributed by atoms with van der Waals surface area (Å²) >= 11 is 0. The van der Waals surface area contributed by atoms with Crippen LogP contribution in [-0.4, -0.2) is 20.7 Å². The minimum absolute atomic E-state index is 0.0383. The van der Waals surface area contributed by atoms with E-state index < -0.39 is 21.8 Å². The highest BCUT2D eigenvalue weighted by Gasteiger charge is 2.33. The standard InChI is InChI=1S/C23H19F3N2O2S/c24-23(25,26)19-11-12-22-18(13-19)14-20(16-28(22)15-17-7-3-1-4-8-17)27-31(29,30)21-9-5-2-6-10-21/h1-13H,14-16H2/b27-20-. The molecule has 1 aliphatic heterocycles. The summed E-state index contributed by atoms with van der Waals surface area (Å²) in [6.45, 7) is 0.628. The highest BCUT2D eigenvalue weighted by molar-refractivity contribution is 7.90. The topological polar surface area (TPSA) is 49.7 Å². The number of halogens is 3. The molecular weight excluding hydrogens is 425 g/mol. The first-order valence-electron chi connectivity index (χ1n) is 9.59. The fourth-order valence-electron chi connectivity index (χ4n) is 3.61. The van der Waals surface area contributed by atoms with Gasteiger partial charge in [-0.2, -0.15) is 26.0 Å². The van der Waals surface area contributed by atoms with Crippen LogP contribution in [0.1, 0.15) is 16.7 Å². The lowest BCUT2D eigenvalue weighted by molar-refractivity contribution is -0.137. The molecule has 0 saturated heterocycles. The Kier molecular flexibility index (Phi) is 5.58. The van der Waals surface area contributed by atoms with E-state index >= 15 is 0 Å². The van der Waals surface area contributed by atoms with E-state index in [0.717, 1.165) is 17.7 Å². The van der Waals surface area contributed by atoms with Crippen molar-refractivity contribution in [3.05, 3.63) is 95.6 Å². The molecule has 3 aromatic rings. The molecule has 0 spiro atoms. The van der Waals surface area contributed by atoms with E-state index in [9.17, 15) is 21.6 Å². The van der Waals surface area contributed by atoms with Crippen LogP contribution in [0.4, 0.5) is 18.9 Å². The average molecular weight is 444 g/mol. The summed E-state index contributed by atoms with van der Waals surface area (Å²) < 4.78 is 69.2. The number of anilines is 1. The van der Waals surface area contributed by atoms with Crippen LogP contribution in [0.25, 0.3) is 0 Å². The van der Waals surface area contributed by atoms with Crippen molar-refractivity contribution >= 4 is 21.4 Å². The summed E-state index contributed by atoms with van der Waals surface area (Å²) in [5.74, 6) is 0. The Morgan fingerprint density at radius 2 is 1.55 bits per heavy atom. The number of hydrogen-bond acceptors (Lipinski definition) is 3. The van der Waals surface area contributed by atoms with Gasteiger partial charge in [0, 0.05) is 18.7 Å². The Hall–Kier alpha value is -3.13. The molecule has 160 valence electrons. The van der Waals surface area contributed by atoms with Crippen LogP contribution in [-0.2, 0) is 29.2 Å². The van der Waals surface area contributed by atoms with Crippen molar-refractivity contribution in [3.63, 3.8) is 0 Å². The van der Waals surface area contributed by atoms with Crippen LogP contribution in [0.2, 0.25) is 0 Å².